The Labute approximate surface area is 96.0 Å². The van der Waals surface area contributed by atoms with E-state index in [0.29, 0.717) is 5.92 Å². The summed E-state index contributed by atoms with van der Waals surface area (Å²) in [6.07, 6.45) is 3.37. The van der Waals surface area contributed by atoms with Gasteiger partial charge in [0.05, 0.1) is 6.20 Å². The third kappa shape index (κ3) is 3.06. The Morgan fingerprint density at radius 1 is 1.50 bits per heavy atom. The first-order valence-electron chi connectivity index (χ1n) is 5.46. The van der Waals surface area contributed by atoms with Crippen molar-refractivity contribution in [2.45, 2.75) is 32.9 Å². The second-order valence-electron chi connectivity index (χ2n) is 4.47. The zero-order valence-corrected chi connectivity index (χ0v) is 10.3. The molecule has 0 saturated carbocycles. The Balaban J connectivity index is 2.61. The largest absolute Gasteiger partial charge is 0.352 e. The van der Waals surface area contributed by atoms with E-state index in [1.54, 1.807) is 24.1 Å². The first kappa shape index (κ1) is 12.7. The number of amides is 1. The van der Waals surface area contributed by atoms with E-state index < -0.39 is 6.04 Å². The van der Waals surface area contributed by atoms with Gasteiger partial charge in [-0.05, 0) is 12.8 Å². The number of hydrogen-bond acceptors (Lipinski definition) is 3. The number of aromatic nitrogens is 2. The minimum absolute atomic E-state index is 0.121. The van der Waals surface area contributed by atoms with Gasteiger partial charge in [0.15, 0.2) is 0 Å². The maximum Gasteiger partial charge on any atom is 0.241 e. The first-order valence-corrected chi connectivity index (χ1v) is 5.46. The standard InChI is InChI=1S/C11H20N4O/c1-7(2)8(3)14-11(16)10(12)9-5-13-15(4)6-9/h5-8,10H,12H2,1-4H3,(H,14,16). The molecule has 16 heavy (non-hydrogen) atoms. The maximum atomic E-state index is 11.8. The molecule has 1 aromatic heterocycles. The Kier molecular flexibility index (Phi) is 4.06. The van der Waals surface area contributed by atoms with Gasteiger partial charge in [-0.3, -0.25) is 9.48 Å². The average Bonchev–Trinajstić information content (AvgIpc) is 2.63. The molecule has 2 unspecified atom stereocenters. The van der Waals surface area contributed by atoms with Gasteiger partial charge in [0.2, 0.25) is 5.91 Å². The van der Waals surface area contributed by atoms with E-state index in [1.165, 1.54) is 0 Å². The van der Waals surface area contributed by atoms with Crippen LogP contribution < -0.4 is 11.1 Å². The summed E-state index contributed by atoms with van der Waals surface area (Å²) in [5, 5.41) is 6.88. The van der Waals surface area contributed by atoms with Crippen LogP contribution in [0.5, 0.6) is 0 Å². The monoisotopic (exact) mass is 224 g/mol. The maximum absolute atomic E-state index is 11.8. The van der Waals surface area contributed by atoms with Crippen molar-refractivity contribution in [3.63, 3.8) is 0 Å². The third-order valence-corrected chi connectivity index (χ3v) is 2.74. The summed E-state index contributed by atoms with van der Waals surface area (Å²) in [6, 6.07) is -0.523. The number of nitrogens with one attached hydrogen (secondary N) is 1. The molecular weight excluding hydrogens is 204 g/mol. The summed E-state index contributed by atoms with van der Waals surface area (Å²) in [4.78, 5) is 11.8. The molecule has 1 rings (SSSR count). The predicted molar refractivity (Wildman–Crippen MR) is 62.6 cm³/mol. The Morgan fingerprint density at radius 3 is 2.56 bits per heavy atom. The number of hydrogen-bond donors (Lipinski definition) is 2. The molecule has 3 N–H and O–H groups in total. The second-order valence-corrected chi connectivity index (χ2v) is 4.47. The van der Waals surface area contributed by atoms with Gasteiger partial charge >= 0.3 is 0 Å². The summed E-state index contributed by atoms with van der Waals surface area (Å²) in [5.41, 5.74) is 6.57. The molecule has 0 bridgehead atoms. The van der Waals surface area contributed by atoms with Crippen LogP contribution in [0.2, 0.25) is 0 Å². The fourth-order valence-electron chi connectivity index (χ4n) is 1.23. The quantitative estimate of drug-likeness (QED) is 0.785. The second kappa shape index (κ2) is 5.12. The molecule has 0 aliphatic rings. The molecule has 5 nitrogen and oxygen atoms in total. The van der Waals surface area contributed by atoms with Crippen molar-refractivity contribution in [1.82, 2.24) is 15.1 Å². The molecule has 0 radical (unpaired) electrons. The van der Waals surface area contributed by atoms with Gasteiger partial charge in [0.25, 0.3) is 0 Å². The van der Waals surface area contributed by atoms with Crippen molar-refractivity contribution < 1.29 is 4.79 Å². The SMILES string of the molecule is CC(C)C(C)NC(=O)C(N)c1cnn(C)c1. The lowest BCUT2D eigenvalue weighted by atomic mass is 10.1. The highest BCUT2D eigenvalue weighted by Gasteiger charge is 2.19. The Morgan fingerprint density at radius 2 is 2.12 bits per heavy atom. The summed E-state index contributed by atoms with van der Waals surface area (Å²) >= 11 is 0. The van der Waals surface area contributed by atoms with E-state index >= 15 is 0 Å². The van der Waals surface area contributed by atoms with E-state index in [-0.39, 0.29) is 11.9 Å². The fraction of sp³-hybridized carbons (Fsp3) is 0.636. The highest BCUT2D eigenvalue weighted by atomic mass is 16.2. The zero-order chi connectivity index (χ0) is 12.3. The van der Waals surface area contributed by atoms with E-state index in [9.17, 15) is 4.79 Å². The van der Waals surface area contributed by atoms with Crippen molar-refractivity contribution in [2.24, 2.45) is 18.7 Å². The minimum atomic E-state index is -0.644. The molecule has 1 heterocycles. The predicted octanol–water partition coefficient (Wildman–Crippen LogP) is 0.581. The van der Waals surface area contributed by atoms with Crippen LogP contribution in [0.15, 0.2) is 12.4 Å². The zero-order valence-electron chi connectivity index (χ0n) is 10.3. The van der Waals surface area contributed by atoms with E-state index in [4.69, 9.17) is 5.73 Å². The number of carbonyl (C=O) groups excluding carboxylic acids is 1. The van der Waals surface area contributed by atoms with Gasteiger partial charge in [-0.2, -0.15) is 5.10 Å². The van der Waals surface area contributed by atoms with E-state index in [0.717, 1.165) is 5.56 Å². The molecule has 0 saturated heterocycles. The fourth-order valence-corrected chi connectivity index (χ4v) is 1.23. The molecular formula is C11H20N4O. The molecule has 1 aromatic rings. The van der Waals surface area contributed by atoms with Crippen LogP contribution >= 0.6 is 0 Å². The number of nitrogens with zero attached hydrogens (tertiary/aromatic N) is 2. The Hall–Kier alpha value is -1.36. The first-order chi connectivity index (χ1) is 7.41. The van der Waals surface area contributed by atoms with Crippen LogP contribution in [0.25, 0.3) is 0 Å². The highest BCUT2D eigenvalue weighted by Crippen LogP contribution is 2.09. The van der Waals surface area contributed by atoms with Gasteiger partial charge < -0.3 is 11.1 Å². The highest BCUT2D eigenvalue weighted by molar-refractivity contribution is 5.83. The van der Waals surface area contributed by atoms with E-state index in [2.05, 4.69) is 24.3 Å². The third-order valence-electron chi connectivity index (χ3n) is 2.74. The summed E-state index contributed by atoms with van der Waals surface area (Å²) < 4.78 is 1.63. The molecule has 2 atom stereocenters. The normalized spacial score (nSPS) is 14.9. The number of aryl methyl sites for hydroxylation is 1. The average molecular weight is 224 g/mol. The molecule has 1 amide bonds. The lowest BCUT2D eigenvalue weighted by Gasteiger charge is -2.19. The molecule has 0 fully saturated rings. The Bertz CT molecular complexity index is 359. The van der Waals surface area contributed by atoms with Crippen LogP contribution in [0, 0.1) is 5.92 Å². The van der Waals surface area contributed by atoms with Crippen LogP contribution in [-0.4, -0.2) is 21.7 Å². The molecule has 90 valence electrons. The van der Waals surface area contributed by atoms with Crippen molar-refractivity contribution in [1.29, 1.82) is 0 Å². The van der Waals surface area contributed by atoms with Crippen molar-refractivity contribution in [3.05, 3.63) is 18.0 Å². The van der Waals surface area contributed by atoms with Gasteiger partial charge in [-0.1, -0.05) is 13.8 Å². The molecule has 0 spiro atoms. The number of nitrogens with two attached hydrogens (primary N) is 1. The topological polar surface area (TPSA) is 72.9 Å². The molecule has 0 aliphatic carbocycles. The van der Waals surface area contributed by atoms with Gasteiger partial charge in [0.1, 0.15) is 6.04 Å². The molecule has 5 heteroatoms. The van der Waals surface area contributed by atoms with Crippen molar-refractivity contribution in [2.75, 3.05) is 0 Å². The van der Waals surface area contributed by atoms with Crippen LogP contribution in [0.4, 0.5) is 0 Å². The summed E-state index contributed by atoms with van der Waals surface area (Å²) in [7, 11) is 1.80. The van der Waals surface area contributed by atoms with Crippen LogP contribution in [-0.2, 0) is 11.8 Å². The van der Waals surface area contributed by atoms with E-state index in [1.807, 2.05) is 6.92 Å². The summed E-state index contributed by atoms with van der Waals surface area (Å²) in [5.74, 6) is 0.235. The molecule has 0 aromatic carbocycles. The van der Waals surface area contributed by atoms with Crippen LogP contribution in [0.3, 0.4) is 0 Å². The lowest BCUT2D eigenvalue weighted by Crippen LogP contribution is -2.41. The van der Waals surface area contributed by atoms with Crippen molar-refractivity contribution in [3.8, 4) is 0 Å². The minimum Gasteiger partial charge on any atom is -0.352 e. The van der Waals surface area contributed by atoms with Crippen molar-refractivity contribution >= 4 is 5.91 Å². The van der Waals surface area contributed by atoms with Gasteiger partial charge in [-0.15, -0.1) is 0 Å². The number of rotatable bonds is 4. The van der Waals surface area contributed by atoms with Gasteiger partial charge in [0, 0.05) is 24.8 Å². The smallest absolute Gasteiger partial charge is 0.241 e. The van der Waals surface area contributed by atoms with Gasteiger partial charge in [-0.25, -0.2) is 0 Å². The lowest BCUT2D eigenvalue weighted by molar-refractivity contribution is -0.123. The number of carbonyl (C=O) groups is 1. The molecule has 0 aliphatic heterocycles. The summed E-state index contributed by atoms with van der Waals surface area (Å²) in [6.45, 7) is 6.08. The van der Waals surface area contributed by atoms with Crippen LogP contribution in [0.1, 0.15) is 32.4 Å².